The van der Waals surface area contributed by atoms with E-state index in [1.54, 1.807) is 12.1 Å². The molecule has 3 rings (SSSR count). The van der Waals surface area contributed by atoms with Crippen LogP contribution in [0.3, 0.4) is 0 Å². The van der Waals surface area contributed by atoms with Crippen molar-refractivity contribution < 1.29 is 17.9 Å². The molecule has 0 saturated carbocycles. The van der Waals surface area contributed by atoms with Gasteiger partial charge < -0.3 is 14.5 Å². The van der Waals surface area contributed by atoms with Crippen LogP contribution in [-0.2, 0) is 21.2 Å². The molecular formula is C19H22N4O4S. The Morgan fingerprint density at radius 2 is 1.96 bits per heavy atom. The highest BCUT2D eigenvalue weighted by Crippen LogP contribution is 2.15. The topological polar surface area (TPSA) is 102 Å². The fourth-order valence-corrected chi connectivity index (χ4v) is 3.89. The number of carbonyl (C=O) groups excluding carboxylic acids is 1. The highest BCUT2D eigenvalue weighted by atomic mass is 32.2. The van der Waals surface area contributed by atoms with E-state index in [4.69, 9.17) is 4.74 Å². The van der Waals surface area contributed by atoms with Crippen molar-refractivity contribution in [1.82, 2.24) is 19.4 Å². The van der Waals surface area contributed by atoms with Crippen LogP contribution in [0.5, 0.6) is 5.75 Å². The first-order valence-electron chi connectivity index (χ1n) is 8.76. The molecule has 2 aromatic heterocycles. The number of hydrogen-bond donors (Lipinski definition) is 2. The molecule has 0 spiro atoms. The molecule has 0 aliphatic carbocycles. The van der Waals surface area contributed by atoms with Crippen molar-refractivity contribution in [2.45, 2.75) is 24.3 Å². The molecule has 9 heteroatoms. The van der Waals surface area contributed by atoms with Crippen LogP contribution in [0.4, 0.5) is 0 Å². The first kappa shape index (κ1) is 19.8. The van der Waals surface area contributed by atoms with Gasteiger partial charge >= 0.3 is 0 Å². The van der Waals surface area contributed by atoms with E-state index in [-0.39, 0.29) is 4.90 Å². The standard InChI is InChI=1S/C19H22N4O4S/c1-14(22-28(25,26)17-8-6-16(27-2)7-9-17)19(24)20-11-10-15-13-23-12-4-3-5-18(23)21-15/h3-9,12-14,22H,10-11H2,1-2H3,(H,20,24)/t14-/m0/s1. The van der Waals surface area contributed by atoms with Crippen LogP contribution in [0.15, 0.2) is 59.8 Å². The van der Waals surface area contributed by atoms with Gasteiger partial charge in [-0.15, -0.1) is 0 Å². The molecule has 28 heavy (non-hydrogen) atoms. The Morgan fingerprint density at radius 3 is 2.64 bits per heavy atom. The van der Waals surface area contributed by atoms with Crippen molar-refractivity contribution in [2.24, 2.45) is 0 Å². The molecule has 0 aliphatic rings. The Balaban J connectivity index is 1.53. The smallest absolute Gasteiger partial charge is 0.241 e. The van der Waals surface area contributed by atoms with E-state index in [2.05, 4.69) is 15.0 Å². The number of amides is 1. The van der Waals surface area contributed by atoms with Gasteiger partial charge in [0.2, 0.25) is 15.9 Å². The zero-order valence-corrected chi connectivity index (χ0v) is 16.4. The quantitative estimate of drug-likeness (QED) is 0.593. The molecule has 3 aromatic rings. The minimum Gasteiger partial charge on any atom is -0.497 e. The van der Waals surface area contributed by atoms with Gasteiger partial charge in [-0.05, 0) is 43.3 Å². The number of nitrogens with one attached hydrogen (secondary N) is 2. The Morgan fingerprint density at radius 1 is 1.21 bits per heavy atom. The Kier molecular flexibility index (Phi) is 5.96. The third-order valence-corrected chi connectivity index (χ3v) is 5.75. The highest BCUT2D eigenvalue weighted by Gasteiger charge is 2.21. The fraction of sp³-hybridized carbons (Fsp3) is 0.263. The number of pyridine rings is 1. The molecule has 0 bridgehead atoms. The van der Waals surface area contributed by atoms with Gasteiger partial charge in [0.15, 0.2) is 0 Å². The number of methoxy groups -OCH3 is 1. The monoisotopic (exact) mass is 402 g/mol. The summed E-state index contributed by atoms with van der Waals surface area (Å²) in [5.41, 5.74) is 1.68. The summed E-state index contributed by atoms with van der Waals surface area (Å²) in [5, 5.41) is 2.73. The Hall–Kier alpha value is -2.91. The number of carbonyl (C=O) groups is 1. The summed E-state index contributed by atoms with van der Waals surface area (Å²) in [6, 6.07) is 10.8. The van der Waals surface area contributed by atoms with Crippen LogP contribution in [0.2, 0.25) is 0 Å². The number of imidazole rings is 1. The molecule has 1 amide bonds. The molecular weight excluding hydrogens is 380 g/mol. The number of benzene rings is 1. The van der Waals surface area contributed by atoms with Crippen LogP contribution in [0, 0.1) is 0 Å². The van der Waals surface area contributed by atoms with E-state index in [1.165, 1.54) is 26.2 Å². The lowest BCUT2D eigenvalue weighted by atomic mass is 10.3. The molecule has 0 aliphatic heterocycles. The van der Waals surface area contributed by atoms with Gasteiger partial charge in [0, 0.05) is 25.4 Å². The van der Waals surface area contributed by atoms with E-state index < -0.39 is 22.0 Å². The largest absolute Gasteiger partial charge is 0.497 e. The summed E-state index contributed by atoms with van der Waals surface area (Å²) >= 11 is 0. The van der Waals surface area contributed by atoms with Gasteiger partial charge in [-0.3, -0.25) is 4.79 Å². The van der Waals surface area contributed by atoms with Crippen molar-refractivity contribution in [3.63, 3.8) is 0 Å². The number of fused-ring (bicyclic) bond motifs is 1. The zero-order valence-electron chi connectivity index (χ0n) is 15.6. The third-order valence-electron chi connectivity index (χ3n) is 4.19. The van der Waals surface area contributed by atoms with Crippen LogP contribution >= 0.6 is 0 Å². The van der Waals surface area contributed by atoms with Crippen molar-refractivity contribution in [2.75, 3.05) is 13.7 Å². The van der Waals surface area contributed by atoms with Crippen molar-refractivity contribution in [3.8, 4) is 5.75 Å². The molecule has 148 valence electrons. The minimum atomic E-state index is -3.81. The van der Waals surface area contributed by atoms with E-state index >= 15 is 0 Å². The molecule has 1 aromatic carbocycles. The summed E-state index contributed by atoms with van der Waals surface area (Å²) in [7, 11) is -2.31. The Labute approximate surface area is 163 Å². The van der Waals surface area contributed by atoms with Crippen LogP contribution in [0.1, 0.15) is 12.6 Å². The second-order valence-corrected chi connectivity index (χ2v) is 7.97. The fourth-order valence-electron chi connectivity index (χ4n) is 2.68. The van der Waals surface area contributed by atoms with E-state index in [1.807, 2.05) is 35.0 Å². The number of hydrogen-bond acceptors (Lipinski definition) is 5. The van der Waals surface area contributed by atoms with Crippen LogP contribution in [-0.4, -0.2) is 43.4 Å². The predicted octanol–water partition coefficient (Wildman–Crippen LogP) is 1.37. The maximum Gasteiger partial charge on any atom is 0.241 e. The number of rotatable bonds is 8. The normalized spacial score (nSPS) is 12.6. The first-order valence-corrected chi connectivity index (χ1v) is 10.2. The lowest BCUT2D eigenvalue weighted by molar-refractivity contribution is -0.122. The summed E-state index contributed by atoms with van der Waals surface area (Å²) < 4.78 is 34.1. The van der Waals surface area contributed by atoms with E-state index in [0.717, 1.165) is 11.3 Å². The third kappa shape index (κ3) is 4.68. The summed E-state index contributed by atoms with van der Waals surface area (Å²) in [6.45, 7) is 1.86. The maximum absolute atomic E-state index is 12.4. The summed E-state index contributed by atoms with van der Waals surface area (Å²) in [5.74, 6) is 0.150. The summed E-state index contributed by atoms with van der Waals surface area (Å²) in [6.07, 6.45) is 4.35. The van der Waals surface area contributed by atoms with Gasteiger partial charge in [0.25, 0.3) is 0 Å². The van der Waals surface area contributed by atoms with Gasteiger partial charge in [-0.1, -0.05) is 6.07 Å². The lowest BCUT2D eigenvalue weighted by Gasteiger charge is -2.14. The molecule has 2 N–H and O–H groups in total. The SMILES string of the molecule is COc1ccc(S(=O)(=O)N[C@@H](C)C(=O)NCCc2cn3ccccc3n2)cc1. The second kappa shape index (κ2) is 8.41. The van der Waals surface area contributed by atoms with Gasteiger partial charge in [-0.25, -0.2) is 13.4 Å². The van der Waals surface area contributed by atoms with Gasteiger partial charge in [-0.2, -0.15) is 4.72 Å². The van der Waals surface area contributed by atoms with Crippen molar-refractivity contribution in [1.29, 1.82) is 0 Å². The van der Waals surface area contributed by atoms with Gasteiger partial charge in [0.1, 0.15) is 11.4 Å². The van der Waals surface area contributed by atoms with E-state index in [9.17, 15) is 13.2 Å². The first-order chi connectivity index (χ1) is 13.4. The van der Waals surface area contributed by atoms with Crippen molar-refractivity contribution in [3.05, 3.63) is 60.6 Å². The highest BCUT2D eigenvalue weighted by molar-refractivity contribution is 7.89. The second-order valence-electron chi connectivity index (χ2n) is 6.26. The molecule has 0 unspecified atom stereocenters. The van der Waals surface area contributed by atoms with Crippen molar-refractivity contribution >= 4 is 21.6 Å². The maximum atomic E-state index is 12.4. The molecule has 2 heterocycles. The molecule has 0 radical (unpaired) electrons. The molecule has 1 atom stereocenters. The van der Waals surface area contributed by atoms with Crippen LogP contribution in [0.25, 0.3) is 5.65 Å². The predicted molar refractivity (Wildman–Crippen MR) is 105 cm³/mol. The van der Waals surface area contributed by atoms with Crippen LogP contribution < -0.4 is 14.8 Å². The molecule has 8 nitrogen and oxygen atoms in total. The molecule has 0 fully saturated rings. The molecule has 0 saturated heterocycles. The average molecular weight is 402 g/mol. The number of sulfonamides is 1. The average Bonchev–Trinajstić information content (AvgIpc) is 3.10. The summed E-state index contributed by atoms with van der Waals surface area (Å²) in [4.78, 5) is 16.8. The van der Waals surface area contributed by atoms with Gasteiger partial charge in [0.05, 0.1) is 23.7 Å². The zero-order chi connectivity index (χ0) is 20.1. The minimum absolute atomic E-state index is 0.0673. The number of ether oxygens (including phenoxy) is 1. The number of aromatic nitrogens is 2. The van der Waals surface area contributed by atoms with E-state index in [0.29, 0.717) is 18.7 Å². The lowest BCUT2D eigenvalue weighted by Crippen LogP contribution is -2.45. The Bertz CT molecular complexity index is 1030. The number of nitrogens with zero attached hydrogens (tertiary/aromatic N) is 2.